The zero-order chi connectivity index (χ0) is 27.0. The Morgan fingerprint density at radius 3 is 2.51 bits per heavy atom. The maximum atomic E-state index is 12.6. The molecular weight excluding hydrogens is 464 g/mol. The second-order valence-corrected chi connectivity index (χ2v) is 9.06. The van der Waals surface area contributed by atoms with E-state index in [1.54, 1.807) is 24.3 Å². The lowest BCUT2D eigenvalue weighted by Gasteiger charge is -2.19. The van der Waals surface area contributed by atoms with E-state index in [0.717, 1.165) is 30.8 Å². The van der Waals surface area contributed by atoms with Gasteiger partial charge in [0, 0.05) is 17.7 Å². The molecular formula is C31H42N2O4. The Hall–Kier alpha value is -3.51. The summed E-state index contributed by atoms with van der Waals surface area (Å²) in [6.07, 6.45) is 12.2. The van der Waals surface area contributed by atoms with Gasteiger partial charge in [0.15, 0.2) is 11.5 Å². The van der Waals surface area contributed by atoms with E-state index in [4.69, 9.17) is 9.47 Å². The monoisotopic (exact) mass is 506 g/mol. The SMILES string of the molecule is CC=CC=C(NC(=O)C=Cc1ccc(OC)c(O)c1)C(C)COc1ccc(C(CCC)CCNC)cc1. The third-order valence-corrected chi connectivity index (χ3v) is 6.13. The van der Waals surface area contributed by atoms with E-state index in [1.165, 1.54) is 25.2 Å². The van der Waals surface area contributed by atoms with Crippen LogP contribution >= 0.6 is 0 Å². The van der Waals surface area contributed by atoms with Gasteiger partial charge in [-0.05, 0) is 86.8 Å². The molecule has 0 aliphatic heterocycles. The topological polar surface area (TPSA) is 79.8 Å². The number of carbonyl (C=O) groups is 1. The first-order valence-corrected chi connectivity index (χ1v) is 13.0. The third kappa shape index (κ3) is 10.2. The number of amides is 1. The summed E-state index contributed by atoms with van der Waals surface area (Å²) in [7, 11) is 3.48. The van der Waals surface area contributed by atoms with Crippen LogP contribution in [0.4, 0.5) is 0 Å². The molecule has 200 valence electrons. The molecule has 2 aromatic rings. The van der Waals surface area contributed by atoms with Crippen LogP contribution in [0.5, 0.6) is 17.2 Å². The molecule has 0 aromatic heterocycles. The Labute approximate surface area is 222 Å². The molecule has 2 rings (SSSR count). The summed E-state index contributed by atoms with van der Waals surface area (Å²) in [5, 5.41) is 16.1. The van der Waals surface area contributed by atoms with Crippen LogP contribution in [0.15, 0.2) is 72.5 Å². The van der Waals surface area contributed by atoms with E-state index < -0.39 is 0 Å². The summed E-state index contributed by atoms with van der Waals surface area (Å²) in [5.74, 6) is 1.47. The second-order valence-electron chi connectivity index (χ2n) is 9.06. The van der Waals surface area contributed by atoms with E-state index in [0.29, 0.717) is 23.8 Å². The van der Waals surface area contributed by atoms with E-state index in [-0.39, 0.29) is 17.6 Å². The number of nitrogens with one attached hydrogen (secondary N) is 2. The van der Waals surface area contributed by atoms with Gasteiger partial charge in [-0.2, -0.15) is 0 Å². The van der Waals surface area contributed by atoms with Crippen molar-refractivity contribution in [1.29, 1.82) is 0 Å². The number of carbonyl (C=O) groups excluding carboxylic acids is 1. The molecule has 0 aliphatic carbocycles. The van der Waals surface area contributed by atoms with Crippen LogP contribution in [-0.2, 0) is 4.79 Å². The van der Waals surface area contributed by atoms with Gasteiger partial charge in [-0.15, -0.1) is 0 Å². The normalized spacial score (nSPS) is 13.6. The molecule has 0 bridgehead atoms. The van der Waals surface area contributed by atoms with Crippen LogP contribution in [0.1, 0.15) is 57.1 Å². The van der Waals surface area contributed by atoms with Gasteiger partial charge in [0.05, 0.1) is 13.7 Å². The largest absolute Gasteiger partial charge is 0.504 e. The first-order valence-electron chi connectivity index (χ1n) is 13.0. The molecule has 2 unspecified atom stereocenters. The Bertz CT molecular complexity index is 1060. The molecule has 2 aromatic carbocycles. The highest BCUT2D eigenvalue weighted by Crippen LogP contribution is 2.27. The molecule has 0 fully saturated rings. The van der Waals surface area contributed by atoms with Crippen LogP contribution in [0.3, 0.4) is 0 Å². The zero-order valence-corrected chi connectivity index (χ0v) is 22.8. The Morgan fingerprint density at radius 1 is 1.14 bits per heavy atom. The lowest BCUT2D eigenvalue weighted by Crippen LogP contribution is -2.27. The molecule has 0 saturated carbocycles. The molecule has 37 heavy (non-hydrogen) atoms. The molecule has 1 amide bonds. The Kier molecular flexibility index (Phi) is 13.1. The minimum absolute atomic E-state index is 0.0244. The minimum Gasteiger partial charge on any atom is -0.504 e. The van der Waals surface area contributed by atoms with Gasteiger partial charge in [0.2, 0.25) is 5.91 Å². The summed E-state index contributed by atoms with van der Waals surface area (Å²) in [5.41, 5.74) is 2.80. The Morgan fingerprint density at radius 2 is 1.89 bits per heavy atom. The number of phenolic OH excluding ortho intramolecular Hbond substituents is 1. The van der Waals surface area contributed by atoms with Crippen molar-refractivity contribution in [2.75, 3.05) is 27.3 Å². The summed E-state index contributed by atoms with van der Waals surface area (Å²) in [6.45, 7) is 7.60. The van der Waals surface area contributed by atoms with Crippen LogP contribution < -0.4 is 20.1 Å². The number of phenols is 1. The molecule has 0 saturated heterocycles. The van der Waals surface area contributed by atoms with Crippen LogP contribution in [0.2, 0.25) is 0 Å². The van der Waals surface area contributed by atoms with Crippen molar-refractivity contribution >= 4 is 12.0 Å². The fourth-order valence-electron chi connectivity index (χ4n) is 3.99. The maximum Gasteiger partial charge on any atom is 0.248 e. The summed E-state index contributed by atoms with van der Waals surface area (Å²) in [6, 6.07) is 13.4. The standard InChI is InChI=1S/C31H42N2O4/c1-6-8-10-28(33-31(35)18-12-24-11-17-30(36-5)29(34)21-24)23(3)22-37-27-15-13-26(14-16-27)25(9-7-2)19-20-32-4/h6,8,10-18,21,23,25,32,34H,7,9,19-20,22H2,1-5H3,(H,33,35). The van der Waals surface area contributed by atoms with Crippen molar-refractivity contribution in [3.63, 3.8) is 0 Å². The summed E-state index contributed by atoms with van der Waals surface area (Å²) in [4.78, 5) is 12.6. The first kappa shape index (κ1) is 29.7. The van der Waals surface area contributed by atoms with Crippen molar-refractivity contribution < 1.29 is 19.4 Å². The molecule has 6 heteroatoms. The predicted octanol–water partition coefficient (Wildman–Crippen LogP) is 6.20. The molecule has 0 radical (unpaired) electrons. The van der Waals surface area contributed by atoms with Crippen LogP contribution in [0, 0.1) is 5.92 Å². The molecule has 0 spiro atoms. The number of rotatable bonds is 15. The highest BCUT2D eigenvalue weighted by atomic mass is 16.5. The lowest BCUT2D eigenvalue weighted by molar-refractivity contribution is -0.115. The number of aromatic hydroxyl groups is 1. The van der Waals surface area contributed by atoms with Gasteiger partial charge >= 0.3 is 0 Å². The average Bonchev–Trinajstić information content (AvgIpc) is 2.91. The van der Waals surface area contributed by atoms with E-state index in [9.17, 15) is 9.90 Å². The minimum atomic E-state index is -0.259. The Balaban J connectivity index is 1.99. The van der Waals surface area contributed by atoms with Crippen LogP contribution in [-0.4, -0.2) is 38.3 Å². The number of hydrogen-bond donors (Lipinski definition) is 3. The smallest absolute Gasteiger partial charge is 0.248 e. The molecule has 6 nitrogen and oxygen atoms in total. The number of hydrogen-bond acceptors (Lipinski definition) is 5. The van der Waals surface area contributed by atoms with Crippen molar-refractivity contribution in [3.8, 4) is 17.2 Å². The van der Waals surface area contributed by atoms with E-state index in [2.05, 4.69) is 29.7 Å². The number of benzene rings is 2. The van der Waals surface area contributed by atoms with Gasteiger partial charge in [-0.25, -0.2) is 0 Å². The summed E-state index contributed by atoms with van der Waals surface area (Å²) >= 11 is 0. The van der Waals surface area contributed by atoms with Crippen molar-refractivity contribution in [3.05, 3.63) is 83.6 Å². The van der Waals surface area contributed by atoms with Crippen molar-refractivity contribution in [2.45, 2.75) is 46.0 Å². The van der Waals surface area contributed by atoms with E-state index >= 15 is 0 Å². The highest BCUT2D eigenvalue weighted by molar-refractivity contribution is 5.93. The van der Waals surface area contributed by atoms with Crippen LogP contribution in [0.25, 0.3) is 6.08 Å². The van der Waals surface area contributed by atoms with Crippen molar-refractivity contribution in [1.82, 2.24) is 10.6 Å². The molecule has 2 atom stereocenters. The predicted molar refractivity (Wildman–Crippen MR) is 152 cm³/mol. The first-order chi connectivity index (χ1) is 17.9. The van der Waals surface area contributed by atoms with Gasteiger partial charge in [0.1, 0.15) is 5.75 Å². The fourth-order valence-corrected chi connectivity index (χ4v) is 3.99. The quantitative estimate of drug-likeness (QED) is 0.198. The van der Waals surface area contributed by atoms with Gasteiger partial charge in [-0.3, -0.25) is 4.79 Å². The maximum absolute atomic E-state index is 12.6. The highest BCUT2D eigenvalue weighted by Gasteiger charge is 2.13. The number of allylic oxidation sites excluding steroid dienone is 3. The van der Waals surface area contributed by atoms with Gasteiger partial charge < -0.3 is 25.2 Å². The van der Waals surface area contributed by atoms with Crippen molar-refractivity contribution in [2.24, 2.45) is 5.92 Å². The number of methoxy groups -OCH3 is 1. The molecule has 0 heterocycles. The average molecular weight is 507 g/mol. The fraction of sp³-hybridized carbons (Fsp3) is 0.387. The molecule has 0 aliphatic rings. The zero-order valence-electron chi connectivity index (χ0n) is 22.8. The third-order valence-electron chi connectivity index (χ3n) is 6.13. The van der Waals surface area contributed by atoms with Gasteiger partial charge in [-0.1, -0.05) is 50.6 Å². The second kappa shape index (κ2) is 16.3. The lowest BCUT2D eigenvalue weighted by atomic mass is 9.91. The van der Waals surface area contributed by atoms with E-state index in [1.807, 2.05) is 51.3 Å². The number of ether oxygens (including phenoxy) is 2. The molecule has 3 N–H and O–H groups in total. The van der Waals surface area contributed by atoms with Gasteiger partial charge in [0.25, 0.3) is 0 Å². The summed E-state index contributed by atoms with van der Waals surface area (Å²) < 4.78 is 11.1.